The minimum absolute atomic E-state index is 0.530. The average molecular weight is 636 g/mol. The number of allylic oxidation sites excluding steroid dienone is 5. The first kappa shape index (κ1) is 32.0. The van der Waals surface area contributed by atoms with E-state index in [1.807, 2.05) is 0 Å². The van der Waals surface area contributed by atoms with Crippen LogP contribution in [0.1, 0.15) is 52.4 Å². The third-order valence-electron chi connectivity index (χ3n) is 5.42. The molecule has 3 aromatic rings. The largest absolute Gasteiger partial charge is 0.451 e. The van der Waals surface area contributed by atoms with E-state index in [1.165, 1.54) is 12.1 Å². The second kappa shape index (κ2) is 11.0. The Morgan fingerprint density at radius 2 is 0.844 bits per heavy atom. The fraction of sp³-hybridized carbons (Fsp3) is 0.250. The monoisotopic (exact) mass is 636 g/mol. The molecule has 3 aromatic heterocycles. The van der Waals surface area contributed by atoms with Gasteiger partial charge < -0.3 is 0 Å². The number of nitriles is 2. The van der Waals surface area contributed by atoms with Gasteiger partial charge in [0, 0.05) is 16.7 Å². The molecule has 0 aliphatic heterocycles. The summed E-state index contributed by atoms with van der Waals surface area (Å²) >= 11 is 0. The van der Waals surface area contributed by atoms with Gasteiger partial charge in [0.1, 0.15) is 40.8 Å². The molecule has 1 fully saturated rings. The fourth-order valence-electron chi connectivity index (χ4n) is 3.73. The first-order valence-corrected chi connectivity index (χ1v) is 11.6. The number of aryl methyl sites for hydroxylation is 3. The molecule has 0 saturated heterocycles. The van der Waals surface area contributed by atoms with Crippen LogP contribution in [0, 0.1) is 50.0 Å². The first-order chi connectivity index (χ1) is 20.8. The minimum atomic E-state index is -5.14. The zero-order valence-corrected chi connectivity index (χ0v) is 22.3. The molecule has 0 spiro atoms. The van der Waals surface area contributed by atoms with Crippen molar-refractivity contribution in [1.82, 2.24) is 44.9 Å². The molecule has 1 saturated carbocycles. The zero-order chi connectivity index (χ0) is 33.6. The van der Waals surface area contributed by atoms with Crippen LogP contribution in [0.3, 0.4) is 0 Å². The van der Waals surface area contributed by atoms with E-state index in [1.54, 1.807) is 0 Å². The standard InChI is InChI=1S/C24H9F9N12/c1-7-37-16(43-19(40-7)22(25,26)27)10(5-34)12-13(11(6-35)17-38-8(2)41-20(44-17)23(28,29)30)14(12)15(36-4)18-39-9(3)42-21(45-18)24(31,32)33/h1-3H3. The van der Waals surface area contributed by atoms with E-state index < -0.39 is 105 Å². The number of alkyl halides is 9. The summed E-state index contributed by atoms with van der Waals surface area (Å²) in [4.78, 5) is 33.4. The van der Waals surface area contributed by atoms with Crippen LogP contribution in [0.15, 0.2) is 16.7 Å². The van der Waals surface area contributed by atoms with Crippen LogP contribution in [0.5, 0.6) is 0 Å². The van der Waals surface area contributed by atoms with Gasteiger partial charge in [0.25, 0.3) is 0 Å². The van der Waals surface area contributed by atoms with Crippen LogP contribution in [0.25, 0.3) is 21.7 Å². The molecule has 0 radical (unpaired) electrons. The highest BCUT2D eigenvalue weighted by Crippen LogP contribution is 2.55. The second-order valence-corrected chi connectivity index (χ2v) is 8.64. The molecule has 45 heavy (non-hydrogen) atoms. The van der Waals surface area contributed by atoms with Gasteiger partial charge in [-0.05, 0) is 20.8 Å². The smallest absolute Gasteiger partial charge is 0.233 e. The van der Waals surface area contributed by atoms with Gasteiger partial charge in [-0.15, -0.1) is 0 Å². The van der Waals surface area contributed by atoms with Crippen LogP contribution in [0.2, 0.25) is 0 Å². The maximum atomic E-state index is 13.5. The molecular formula is C24H9F9N12. The van der Waals surface area contributed by atoms with Crippen LogP contribution in [-0.2, 0) is 18.5 Å². The number of aromatic nitrogens is 9. The summed E-state index contributed by atoms with van der Waals surface area (Å²) in [7, 11) is 0. The van der Waals surface area contributed by atoms with Crippen molar-refractivity contribution in [3.05, 3.63) is 80.6 Å². The summed E-state index contributed by atoms with van der Waals surface area (Å²) in [6.07, 6.45) is -15.4. The second-order valence-electron chi connectivity index (χ2n) is 8.64. The van der Waals surface area contributed by atoms with E-state index in [0.717, 1.165) is 20.8 Å². The van der Waals surface area contributed by atoms with Gasteiger partial charge in [-0.3, -0.25) is 0 Å². The summed E-state index contributed by atoms with van der Waals surface area (Å²) in [5.74, 6) is -9.64. The van der Waals surface area contributed by atoms with Crippen molar-refractivity contribution in [3.63, 3.8) is 0 Å². The molecular weight excluding hydrogens is 627 g/mol. The van der Waals surface area contributed by atoms with Gasteiger partial charge in [0.15, 0.2) is 17.5 Å². The van der Waals surface area contributed by atoms with E-state index in [4.69, 9.17) is 6.57 Å². The van der Waals surface area contributed by atoms with Crippen molar-refractivity contribution in [3.8, 4) is 12.1 Å². The summed E-state index contributed by atoms with van der Waals surface area (Å²) in [5.41, 5.74) is -4.34. The lowest BCUT2D eigenvalue weighted by Gasteiger charge is -2.07. The van der Waals surface area contributed by atoms with E-state index in [2.05, 4.69) is 49.7 Å². The quantitative estimate of drug-likeness (QED) is 0.220. The van der Waals surface area contributed by atoms with Crippen LogP contribution >= 0.6 is 0 Å². The SMILES string of the molecule is [C-]#[N+]C(=C1C(=C(C#N)c2nc(C)nc(C(F)(F)F)n2)C1=C(C#N)c1nc(C)nc(C(F)(F)F)n1)c1nc(C)nc(C(F)(F)F)n1. The van der Waals surface area contributed by atoms with Crippen LogP contribution in [0.4, 0.5) is 39.5 Å². The lowest BCUT2D eigenvalue weighted by atomic mass is 10.2. The summed E-state index contributed by atoms with van der Waals surface area (Å²) < 4.78 is 121. The Hall–Kier alpha value is -5.91. The van der Waals surface area contributed by atoms with Crippen molar-refractivity contribution >= 4 is 16.8 Å². The van der Waals surface area contributed by atoms with Gasteiger partial charge in [-0.1, -0.05) is 0 Å². The first-order valence-electron chi connectivity index (χ1n) is 11.6. The van der Waals surface area contributed by atoms with E-state index >= 15 is 0 Å². The third-order valence-corrected chi connectivity index (χ3v) is 5.42. The molecule has 0 bridgehead atoms. The summed E-state index contributed by atoms with van der Waals surface area (Å²) in [6.45, 7) is 10.7. The van der Waals surface area contributed by atoms with Crippen molar-refractivity contribution in [2.24, 2.45) is 0 Å². The Morgan fingerprint density at radius 3 is 1.13 bits per heavy atom. The Kier molecular flexibility index (Phi) is 7.81. The molecule has 4 rings (SSSR count). The molecule has 0 aromatic carbocycles. The van der Waals surface area contributed by atoms with Gasteiger partial charge in [-0.2, -0.15) is 50.0 Å². The average Bonchev–Trinajstić information content (AvgIpc) is 3.61. The zero-order valence-electron chi connectivity index (χ0n) is 22.3. The predicted molar refractivity (Wildman–Crippen MR) is 127 cm³/mol. The van der Waals surface area contributed by atoms with Gasteiger partial charge in [-0.25, -0.2) is 49.7 Å². The third kappa shape index (κ3) is 6.39. The maximum absolute atomic E-state index is 13.5. The number of halogens is 9. The number of rotatable bonds is 3. The summed E-state index contributed by atoms with van der Waals surface area (Å²) in [5, 5.41) is 19.9. The van der Waals surface area contributed by atoms with Crippen molar-refractivity contribution in [2.75, 3.05) is 0 Å². The number of nitrogens with zero attached hydrogens (tertiary/aromatic N) is 12. The van der Waals surface area contributed by atoms with Gasteiger partial charge >= 0.3 is 18.5 Å². The Balaban J connectivity index is 2.18. The highest BCUT2D eigenvalue weighted by Gasteiger charge is 2.45. The normalized spacial score (nSPS) is 15.5. The highest BCUT2D eigenvalue weighted by atomic mass is 19.4. The Morgan fingerprint density at radius 1 is 0.533 bits per heavy atom. The van der Waals surface area contributed by atoms with E-state index in [9.17, 15) is 50.0 Å². The Labute approximate surface area is 244 Å². The van der Waals surface area contributed by atoms with E-state index in [0.29, 0.717) is 0 Å². The molecule has 0 N–H and O–H groups in total. The fourth-order valence-corrected chi connectivity index (χ4v) is 3.73. The van der Waals surface area contributed by atoms with Gasteiger partial charge in [0.05, 0.1) is 6.57 Å². The van der Waals surface area contributed by atoms with Crippen LogP contribution < -0.4 is 0 Å². The lowest BCUT2D eigenvalue weighted by Crippen LogP contribution is -2.15. The molecule has 1 aliphatic carbocycles. The predicted octanol–water partition coefficient (Wildman–Crippen LogP) is 4.82. The molecule has 1 aliphatic rings. The molecule has 3 heterocycles. The molecule has 21 heteroatoms. The van der Waals surface area contributed by atoms with Crippen molar-refractivity contribution in [1.29, 1.82) is 10.5 Å². The molecule has 0 atom stereocenters. The Bertz CT molecular complexity index is 1740. The molecule has 12 nitrogen and oxygen atoms in total. The summed E-state index contributed by atoms with van der Waals surface area (Å²) in [6, 6.07) is 3.03. The van der Waals surface area contributed by atoms with Crippen LogP contribution in [-0.4, -0.2) is 44.9 Å². The van der Waals surface area contributed by atoms with E-state index in [-0.39, 0.29) is 0 Å². The maximum Gasteiger partial charge on any atom is 0.451 e. The lowest BCUT2D eigenvalue weighted by molar-refractivity contribution is -0.146. The molecule has 0 unspecified atom stereocenters. The van der Waals surface area contributed by atoms with Gasteiger partial charge in [0.2, 0.25) is 23.2 Å². The highest BCUT2D eigenvalue weighted by molar-refractivity contribution is 6.09. The van der Waals surface area contributed by atoms with Crippen molar-refractivity contribution < 1.29 is 39.5 Å². The molecule has 228 valence electrons. The topological polar surface area (TPSA) is 168 Å². The minimum Gasteiger partial charge on any atom is -0.233 e. The number of hydrogen-bond donors (Lipinski definition) is 0. The van der Waals surface area contributed by atoms with Crippen molar-refractivity contribution in [2.45, 2.75) is 39.3 Å². The number of hydrogen-bond acceptors (Lipinski definition) is 11. The molecule has 0 amide bonds.